The molecule has 1 aliphatic carbocycles. The van der Waals surface area contributed by atoms with E-state index < -0.39 is 5.97 Å². The zero-order valence-corrected chi connectivity index (χ0v) is 24.5. The molecule has 4 aromatic rings. The highest BCUT2D eigenvalue weighted by atomic mass is 35.5. The van der Waals surface area contributed by atoms with Crippen LogP contribution in [0.15, 0.2) is 59.1 Å². The maximum atomic E-state index is 12.1. The summed E-state index contributed by atoms with van der Waals surface area (Å²) in [6.07, 6.45) is 2.08. The summed E-state index contributed by atoms with van der Waals surface area (Å²) in [5, 5.41) is 5.74. The molecule has 204 valence electrons. The molecule has 5 rings (SSSR count). The number of ether oxygens (including phenoxy) is 2. The van der Waals surface area contributed by atoms with Crippen molar-refractivity contribution < 1.29 is 18.8 Å². The maximum Gasteiger partial charge on any atom is 0.337 e. The lowest BCUT2D eigenvalue weighted by Crippen LogP contribution is -2.03. The van der Waals surface area contributed by atoms with E-state index in [9.17, 15) is 4.79 Å². The average molecular weight is 595 g/mol. The molecule has 1 aliphatic rings. The van der Waals surface area contributed by atoms with Crippen molar-refractivity contribution in [3.05, 3.63) is 103 Å². The van der Waals surface area contributed by atoms with Crippen LogP contribution in [-0.2, 0) is 11.3 Å². The second-order valence-electron chi connectivity index (χ2n) is 9.92. The van der Waals surface area contributed by atoms with Gasteiger partial charge in [-0.3, -0.25) is 0 Å². The number of benzene rings is 3. The lowest BCUT2D eigenvalue weighted by atomic mass is 9.97. The fraction of sp³-hybridized carbons (Fsp3) is 0.250. The zero-order valence-electron chi connectivity index (χ0n) is 22.2. The van der Waals surface area contributed by atoms with Crippen molar-refractivity contribution in [3.63, 3.8) is 0 Å². The van der Waals surface area contributed by atoms with Crippen LogP contribution in [0, 0.1) is 11.8 Å². The Balaban J connectivity index is 1.38. The molecule has 40 heavy (non-hydrogen) atoms. The molecule has 5 nitrogen and oxygen atoms in total. The Morgan fingerprint density at radius 3 is 2.42 bits per heavy atom. The summed E-state index contributed by atoms with van der Waals surface area (Å²) < 4.78 is 16.8. The highest BCUT2D eigenvalue weighted by Gasteiger charge is 2.33. The van der Waals surface area contributed by atoms with Gasteiger partial charge in [0.1, 0.15) is 23.8 Å². The molecule has 3 aromatic carbocycles. The topological polar surface area (TPSA) is 61.6 Å². The number of nitrogens with zero attached hydrogens (tertiary/aromatic N) is 1. The number of methoxy groups -OCH3 is 1. The van der Waals surface area contributed by atoms with Crippen molar-refractivity contribution >= 4 is 40.8 Å². The lowest BCUT2D eigenvalue weighted by molar-refractivity contribution is 0.0600. The molecule has 8 heteroatoms. The van der Waals surface area contributed by atoms with Crippen LogP contribution in [0.1, 0.15) is 76.9 Å². The van der Waals surface area contributed by atoms with Crippen LogP contribution in [0.3, 0.4) is 0 Å². The third kappa shape index (κ3) is 6.15. The smallest absolute Gasteiger partial charge is 0.337 e. The fourth-order valence-electron chi connectivity index (χ4n) is 4.32. The average Bonchev–Trinajstić information content (AvgIpc) is 3.70. The van der Waals surface area contributed by atoms with Crippen LogP contribution in [0.4, 0.5) is 0 Å². The number of carbonyl (C=O) groups is 1. The van der Waals surface area contributed by atoms with Gasteiger partial charge in [0.15, 0.2) is 0 Å². The van der Waals surface area contributed by atoms with Crippen molar-refractivity contribution in [2.45, 2.75) is 45.1 Å². The number of aromatic nitrogens is 1. The van der Waals surface area contributed by atoms with Gasteiger partial charge in [0.25, 0.3) is 0 Å². The summed E-state index contributed by atoms with van der Waals surface area (Å²) in [5.74, 6) is 7.75. The minimum absolute atomic E-state index is 0.214. The molecule has 1 saturated carbocycles. The van der Waals surface area contributed by atoms with E-state index in [0.29, 0.717) is 54.7 Å². The van der Waals surface area contributed by atoms with E-state index >= 15 is 0 Å². The molecule has 0 aliphatic heterocycles. The summed E-state index contributed by atoms with van der Waals surface area (Å²) in [4.78, 5) is 12.1. The molecule has 0 amide bonds. The van der Waals surface area contributed by atoms with Crippen LogP contribution in [0.25, 0.3) is 11.3 Å². The number of esters is 1. The third-order valence-corrected chi connectivity index (χ3v) is 7.62. The number of rotatable bonds is 7. The summed E-state index contributed by atoms with van der Waals surface area (Å²) >= 11 is 19.5. The Morgan fingerprint density at radius 2 is 1.77 bits per heavy atom. The second-order valence-corrected chi connectivity index (χ2v) is 11.1. The van der Waals surface area contributed by atoms with Crippen LogP contribution >= 0.6 is 34.8 Å². The predicted octanol–water partition coefficient (Wildman–Crippen LogP) is 9.07. The number of carbonyl (C=O) groups excluding carboxylic acids is 1. The molecule has 0 bridgehead atoms. The molecule has 1 heterocycles. The van der Waals surface area contributed by atoms with E-state index in [4.69, 9.17) is 48.8 Å². The number of hydrogen-bond acceptors (Lipinski definition) is 5. The fourth-order valence-corrected chi connectivity index (χ4v) is 5.12. The molecular formula is C32H26Cl3NO4. The first-order valence-electron chi connectivity index (χ1n) is 12.9. The van der Waals surface area contributed by atoms with Crippen LogP contribution < -0.4 is 4.74 Å². The van der Waals surface area contributed by atoms with E-state index in [-0.39, 0.29) is 12.5 Å². The lowest BCUT2D eigenvalue weighted by Gasteiger charge is -2.10. The minimum atomic E-state index is -0.400. The Labute approximate surface area is 248 Å². The van der Waals surface area contributed by atoms with Crippen molar-refractivity contribution in [2.24, 2.45) is 0 Å². The van der Waals surface area contributed by atoms with E-state index in [0.717, 1.165) is 29.7 Å². The molecule has 1 aromatic heterocycles. The third-order valence-electron chi connectivity index (χ3n) is 6.67. The van der Waals surface area contributed by atoms with Gasteiger partial charge < -0.3 is 14.0 Å². The summed E-state index contributed by atoms with van der Waals surface area (Å²) in [7, 11) is 1.36. The van der Waals surface area contributed by atoms with Crippen LogP contribution in [0.5, 0.6) is 5.75 Å². The van der Waals surface area contributed by atoms with E-state index in [1.807, 2.05) is 18.2 Å². The van der Waals surface area contributed by atoms with Crippen molar-refractivity contribution in [2.75, 3.05) is 7.11 Å². The van der Waals surface area contributed by atoms with E-state index in [2.05, 4.69) is 30.8 Å². The van der Waals surface area contributed by atoms with Gasteiger partial charge >= 0.3 is 5.97 Å². The van der Waals surface area contributed by atoms with Gasteiger partial charge in [-0.2, -0.15) is 0 Å². The van der Waals surface area contributed by atoms with E-state index in [1.54, 1.807) is 36.4 Å². The van der Waals surface area contributed by atoms with Gasteiger partial charge in [0, 0.05) is 28.7 Å². The standard InChI is InChI=1S/C32H26Cl3NO4/c1-18(2)22-13-19(14-23(15-22)32(37)38-3)7-8-20-11-12-24(16-28(20)35)39-17-25-30(36-40-31(25)21-9-10-21)29-26(33)5-4-6-27(29)34/h4-6,11-16,18,21H,9-10,17H2,1-3H3. The Kier molecular flexibility index (Phi) is 8.42. The molecule has 1 fully saturated rings. The number of halogens is 3. The quantitative estimate of drug-likeness (QED) is 0.158. The molecule has 0 radical (unpaired) electrons. The molecule has 0 unspecified atom stereocenters. The molecule has 0 saturated heterocycles. The van der Waals surface area contributed by atoms with Gasteiger partial charge in [-0.25, -0.2) is 4.79 Å². The van der Waals surface area contributed by atoms with Gasteiger partial charge in [0.2, 0.25) is 0 Å². The summed E-state index contributed by atoms with van der Waals surface area (Å²) in [6.45, 7) is 4.33. The Morgan fingerprint density at radius 1 is 1.02 bits per heavy atom. The van der Waals surface area contributed by atoms with Crippen LogP contribution in [-0.4, -0.2) is 18.2 Å². The normalized spacial score (nSPS) is 12.7. The predicted molar refractivity (Wildman–Crippen MR) is 158 cm³/mol. The van der Waals surface area contributed by atoms with Crippen molar-refractivity contribution in [1.29, 1.82) is 0 Å². The first-order chi connectivity index (χ1) is 19.2. The van der Waals surface area contributed by atoms with Gasteiger partial charge in [-0.15, -0.1) is 0 Å². The SMILES string of the molecule is COC(=O)c1cc(C#Cc2ccc(OCc3c(-c4c(Cl)cccc4Cl)noc3C3CC3)cc2Cl)cc(C(C)C)c1. The highest BCUT2D eigenvalue weighted by molar-refractivity contribution is 6.39. The molecule has 0 spiro atoms. The zero-order chi connectivity index (χ0) is 28.4. The van der Waals surface area contributed by atoms with Crippen molar-refractivity contribution in [3.8, 4) is 28.8 Å². The minimum Gasteiger partial charge on any atom is -0.489 e. The molecule has 0 N–H and O–H groups in total. The largest absolute Gasteiger partial charge is 0.489 e. The van der Waals surface area contributed by atoms with Gasteiger partial charge in [-0.1, -0.05) is 71.7 Å². The summed E-state index contributed by atoms with van der Waals surface area (Å²) in [6, 6.07) is 16.2. The number of hydrogen-bond donors (Lipinski definition) is 0. The van der Waals surface area contributed by atoms with Crippen LogP contribution in [0.2, 0.25) is 15.1 Å². The van der Waals surface area contributed by atoms with Gasteiger partial charge in [-0.05, 0) is 66.8 Å². The first-order valence-corrected chi connectivity index (χ1v) is 14.0. The molecule has 0 atom stereocenters. The Bertz CT molecular complexity index is 1620. The highest BCUT2D eigenvalue weighted by Crippen LogP contribution is 2.46. The maximum absolute atomic E-state index is 12.1. The summed E-state index contributed by atoms with van der Waals surface area (Å²) in [5.41, 5.74) is 4.83. The van der Waals surface area contributed by atoms with Gasteiger partial charge in [0.05, 0.1) is 33.3 Å². The van der Waals surface area contributed by atoms with E-state index in [1.165, 1.54) is 7.11 Å². The Hall–Kier alpha value is -3.43. The monoisotopic (exact) mass is 593 g/mol. The molecular weight excluding hydrogens is 569 g/mol. The van der Waals surface area contributed by atoms with Crippen molar-refractivity contribution in [1.82, 2.24) is 5.16 Å². The second kappa shape index (κ2) is 12.0. The first kappa shape index (κ1) is 28.1.